The number of fused-ring (bicyclic) bond motifs is 1. The van der Waals surface area contributed by atoms with Gasteiger partial charge in [0.15, 0.2) is 5.58 Å². The quantitative estimate of drug-likeness (QED) is 0.560. The highest BCUT2D eigenvalue weighted by Gasteiger charge is 2.17. The molecule has 0 unspecified atom stereocenters. The van der Waals surface area contributed by atoms with Crippen molar-refractivity contribution in [2.75, 3.05) is 36.5 Å². The van der Waals surface area contributed by atoms with Crippen LogP contribution in [0, 0.1) is 0 Å². The van der Waals surface area contributed by atoms with E-state index in [0.717, 1.165) is 24.2 Å². The third kappa shape index (κ3) is 3.72. The summed E-state index contributed by atoms with van der Waals surface area (Å²) in [5, 5.41) is 2.88. The average Bonchev–Trinajstić information content (AvgIpc) is 3.24. The fourth-order valence-corrected chi connectivity index (χ4v) is 3.32. The number of benzene rings is 1. The van der Waals surface area contributed by atoms with E-state index < -0.39 is 0 Å². The van der Waals surface area contributed by atoms with Crippen molar-refractivity contribution in [1.82, 2.24) is 15.0 Å². The van der Waals surface area contributed by atoms with E-state index in [9.17, 15) is 4.79 Å². The van der Waals surface area contributed by atoms with Gasteiger partial charge in [0.05, 0.1) is 18.9 Å². The van der Waals surface area contributed by atoms with Crippen LogP contribution in [0.25, 0.3) is 22.4 Å². The van der Waals surface area contributed by atoms with E-state index in [-0.39, 0.29) is 5.91 Å². The number of aromatic nitrogens is 3. The number of morpholine rings is 1. The molecule has 1 amide bonds. The van der Waals surface area contributed by atoms with Gasteiger partial charge in [-0.05, 0) is 36.4 Å². The summed E-state index contributed by atoms with van der Waals surface area (Å²) in [6.45, 7) is 2.81. The first kappa shape index (κ1) is 18.3. The third-order valence-electron chi connectivity index (χ3n) is 4.87. The Kier molecular flexibility index (Phi) is 4.82. The van der Waals surface area contributed by atoms with Crippen LogP contribution < -0.4 is 10.2 Å². The number of nitrogens with zero attached hydrogens (tertiary/aromatic N) is 4. The standard InChI is InChI=1S/C22H19N5O3/c28-21(19-3-1-2-17(25-19)15-6-8-23-9-7-15)24-16-4-5-18-20(14-16)30-22(26-18)27-10-12-29-13-11-27/h1-9,14H,10-13H2,(H,24,28). The van der Waals surface area contributed by atoms with Gasteiger partial charge in [-0.25, -0.2) is 4.98 Å². The SMILES string of the molecule is O=C(Nc1ccc2nc(N3CCOCC3)oc2c1)c1cccc(-c2ccncc2)n1. The van der Waals surface area contributed by atoms with Gasteiger partial charge in [0.1, 0.15) is 11.2 Å². The maximum Gasteiger partial charge on any atom is 0.298 e. The minimum atomic E-state index is -0.293. The van der Waals surface area contributed by atoms with Crippen molar-refractivity contribution in [3.63, 3.8) is 0 Å². The average molecular weight is 401 g/mol. The molecule has 1 saturated heterocycles. The summed E-state index contributed by atoms with van der Waals surface area (Å²) in [6.07, 6.45) is 3.39. The maximum atomic E-state index is 12.7. The number of carbonyl (C=O) groups is 1. The van der Waals surface area contributed by atoms with Crippen molar-refractivity contribution in [3.05, 3.63) is 66.6 Å². The van der Waals surface area contributed by atoms with Crippen LogP contribution in [0.1, 0.15) is 10.5 Å². The molecule has 1 N–H and O–H groups in total. The Morgan fingerprint density at radius 2 is 1.83 bits per heavy atom. The molecule has 3 aromatic heterocycles. The van der Waals surface area contributed by atoms with Crippen molar-refractivity contribution in [2.24, 2.45) is 0 Å². The van der Waals surface area contributed by atoms with Crippen LogP contribution in [0.2, 0.25) is 0 Å². The number of ether oxygens (including phenoxy) is 1. The molecule has 0 saturated carbocycles. The molecule has 5 rings (SSSR count). The van der Waals surface area contributed by atoms with Gasteiger partial charge in [0.2, 0.25) is 0 Å². The number of oxazole rings is 1. The summed E-state index contributed by atoms with van der Waals surface area (Å²) in [6, 6.07) is 15.1. The minimum absolute atomic E-state index is 0.293. The first-order chi connectivity index (χ1) is 14.8. The zero-order valence-electron chi connectivity index (χ0n) is 16.1. The van der Waals surface area contributed by atoms with E-state index in [1.807, 2.05) is 30.3 Å². The number of carbonyl (C=O) groups excluding carboxylic acids is 1. The van der Waals surface area contributed by atoms with Gasteiger partial charge >= 0.3 is 0 Å². The van der Waals surface area contributed by atoms with Crippen molar-refractivity contribution in [1.29, 1.82) is 0 Å². The number of amides is 1. The van der Waals surface area contributed by atoms with Crippen molar-refractivity contribution < 1.29 is 13.9 Å². The normalized spacial score (nSPS) is 14.1. The van der Waals surface area contributed by atoms with E-state index in [2.05, 4.69) is 25.2 Å². The summed E-state index contributed by atoms with van der Waals surface area (Å²) in [5.74, 6) is -0.293. The van der Waals surface area contributed by atoms with Gasteiger partial charge in [-0.3, -0.25) is 9.78 Å². The summed E-state index contributed by atoms with van der Waals surface area (Å²) in [7, 11) is 0. The molecule has 1 fully saturated rings. The predicted octanol–water partition coefficient (Wildman–Crippen LogP) is 3.37. The van der Waals surface area contributed by atoms with Gasteiger partial charge in [0.25, 0.3) is 11.9 Å². The number of hydrogen-bond acceptors (Lipinski definition) is 7. The monoisotopic (exact) mass is 401 g/mol. The van der Waals surface area contributed by atoms with Gasteiger partial charge in [-0.1, -0.05) is 6.07 Å². The molecule has 0 spiro atoms. The molecule has 8 heteroatoms. The molecule has 0 radical (unpaired) electrons. The summed E-state index contributed by atoms with van der Waals surface area (Å²) >= 11 is 0. The lowest BCUT2D eigenvalue weighted by atomic mass is 10.1. The number of pyridine rings is 2. The Morgan fingerprint density at radius 1 is 1.00 bits per heavy atom. The molecular weight excluding hydrogens is 382 g/mol. The molecule has 1 aliphatic rings. The fraction of sp³-hybridized carbons (Fsp3) is 0.182. The van der Waals surface area contributed by atoms with Gasteiger partial charge < -0.3 is 19.4 Å². The fourth-order valence-electron chi connectivity index (χ4n) is 3.32. The van der Waals surface area contributed by atoms with Crippen LogP contribution in [-0.4, -0.2) is 47.2 Å². The lowest BCUT2D eigenvalue weighted by molar-refractivity contribution is 0.102. The van der Waals surface area contributed by atoms with Crippen LogP contribution in [-0.2, 0) is 4.74 Å². The van der Waals surface area contributed by atoms with Crippen LogP contribution in [0.3, 0.4) is 0 Å². The number of rotatable bonds is 4. The van der Waals surface area contributed by atoms with Crippen molar-refractivity contribution >= 4 is 28.7 Å². The van der Waals surface area contributed by atoms with E-state index in [1.165, 1.54) is 0 Å². The Hall–Kier alpha value is -3.78. The highest BCUT2D eigenvalue weighted by molar-refractivity contribution is 6.03. The molecule has 4 heterocycles. The van der Waals surface area contributed by atoms with Crippen molar-refractivity contribution in [2.45, 2.75) is 0 Å². The lowest BCUT2D eigenvalue weighted by Gasteiger charge is -2.24. The van der Waals surface area contributed by atoms with Crippen LogP contribution in [0.4, 0.5) is 11.7 Å². The van der Waals surface area contributed by atoms with E-state index in [4.69, 9.17) is 9.15 Å². The van der Waals surface area contributed by atoms with E-state index in [0.29, 0.717) is 41.9 Å². The molecule has 8 nitrogen and oxygen atoms in total. The Labute approximate surface area is 172 Å². The number of anilines is 2. The smallest absolute Gasteiger partial charge is 0.298 e. The largest absolute Gasteiger partial charge is 0.423 e. The molecule has 150 valence electrons. The second-order valence-corrected chi connectivity index (χ2v) is 6.88. The molecule has 0 aliphatic carbocycles. The first-order valence-electron chi connectivity index (χ1n) is 9.68. The Bertz CT molecular complexity index is 1190. The highest BCUT2D eigenvalue weighted by Crippen LogP contribution is 2.25. The highest BCUT2D eigenvalue weighted by atomic mass is 16.5. The Morgan fingerprint density at radius 3 is 2.67 bits per heavy atom. The second-order valence-electron chi connectivity index (χ2n) is 6.88. The number of nitrogens with one attached hydrogen (secondary N) is 1. The lowest BCUT2D eigenvalue weighted by Crippen LogP contribution is -2.36. The maximum absolute atomic E-state index is 12.7. The molecule has 0 bridgehead atoms. The van der Waals surface area contributed by atoms with Crippen molar-refractivity contribution in [3.8, 4) is 11.3 Å². The Balaban J connectivity index is 1.35. The summed E-state index contributed by atoms with van der Waals surface area (Å²) in [4.78, 5) is 27.8. The molecule has 1 aromatic carbocycles. The van der Waals surface area contributed by atoms with E-state index >= 15 is 0 Å². The second kappa shape index (κ2) is 7.92. The third-order valence-corrected chi connectivity index (χ3v) is 4.87. The van der Waals surface area contributed by atoms with Gasteiger partial charge in [-0.2, -0.15) is 4.98 Å². The molecule has 1 aliphatic heterocycles. The van der Waals surface area contributed by atoms with E-state index in [1.54, 1.807) is 30.6 Å². The van der Waals surface area contributed by atoms with Crippen LogP contribution in [0.15, 0.2) is 65.3 Å². The minimum Gasteiger partial charge on any atom is -0.423 e. The molecule has 4 aromatic rings. The predicted molar refractivity (Wildman–Crippen MR) is 112 cm³/mol. The molecule has 0 atom stereocenters. The van der Waals surface area contributed by atoms with Gasteiger partial charge in [-0.15, -0.1) is 0 Å². The topological polar surface area (TPSA) is 93.4 Å². The van der Waals surface area contributed by atoms with Crippen LogP contribution in [0.5, 0.6) is 0 Å². The van der Waals surface area contributed by atoms with Gasteiger partial charge in [0, 0.05) is 42.8 Å². The number of hydrogen-bond donors (Lipinski definition) is 1. The summed E-state index contributed by atoms with van der Waals surface area (Å²) in [5.41, 5.74) is 3.92. The molecule has 30 heavy (non-hydrogen) atoms. The molecular formula is C22H19N5O3. The van der Waals surface area contributed by atoms with Crippen LogP contribution >= 0.6 is 0 Å². The first-order valence-corrected chi connectivity index (χ1v) is 9.68. The summed E-state index contributed by atoms with van der Waals surface area (Å²) < 4.78 is 11.3. The zero-order chi connectivity index (χ0) is 20.3. The zero-order valence-corrected chi connectivity index (χ0v) is 16.1.